The Labute approximate surface area is 189 Å². The molecule has 0 radical (unpaired) electrons. The Hall–Kier alpha value is -2.07. The van der Waals surface area contributed by atoms with E-state index in [4.69, 9.17) is 0 Å². The Balaban J connectivity index is 2.37. The molecule has 0 saturated heterocycles. The van der Waals surface area contributed by atoms with Crippen LogP contribution in [0.1, 0.15) is 17.9 Å². The smallest absolute Gasteiger partial charge is 0.324 e. The van der Waals surface area contributed by atoms with E-state index in [2.05, 4.69) is 15.9 Å². The molecule has 0 aliphatic heterocycles. The molecule has 0 amide bonds. The van der Waals surface area contributed by atoms with Gasteiger partial charge in [0.15, 0.2) is 0 Å². The van der Waals surface area contributed by atoms with Crippen LogP contribution in [-0.2, 0) is 19.7 Å². The Morgan fingerprint density at radius 1 is 0.774 bits per heavy atom. The second kappa shape index (κ2) is 9.20. The first-order valence-corrected chi connectivity index (χ1v) is 13.1. The molecular weight excluding hydrogens is 507 g/mol. The standard InChI is InChI=1S/C22H20BrFO5S2/c23-18-13-11-17(12-14-18)21(15-16-25)22(24,30(26,27)19-7-3-1-4-8-19)31(28,29)20-9-5-2-6-10-20/h1-14,21,25H,15-16H2. The fourth-order valence-corrected chi connectivity index (χ4v) is 8.33. The molecular formula is C22H20BrFO5S2. The van der Waals surface area contributed by atoms with E-state index in [1.165, 1.54) is 36.4 Å². The average molecular weight is 527 g/mol. The van der Waals surface area contributed by atoms with Crippen LogP contribution >= 0.6 is 15.9 Å². The predicted molar refractivity (Wildman–Crippen MR) is 120 cm³/mol. The number of hydrogen-bond donors (Lipinski definition) is 1. The fourth-order valence-electron chi connectivity index (χ4n) is 3.40. The zero-order chi connectivity index (χ0) is 22.7. The van der Waals surface area contributed by atoms with Gasteiger partial charge in [0.1, 0.15) is 0 Å². The lowest BCUT2D eigenvalue weighted by Gasteiger charge is -2.33. The Morgan fingerprint density at radius 3 is 1.58 bits per heavy atom. The van der Waals surface area contributed by atoms with E-state index >= 15 is 4.39 Å². The molecule has 0 bridgehead atoms. The zero-order valence-electron chi connectivity index (χ0n) is 16.2. The molecule has 0 spiro atoms. The van der Waals surface area contributed by atoms with Gasteiger partial charge in [0.2, 0.25) is 19.7 Å². The summed E-state index contributed by atoms with van der Waals surface area (Å²) in [6, 6.07) is 19.3. The van der Waals surface area contributed by atoms with E-state index in [0.717, 1.165) is 24.3 Å². The van der Waals surface area contributed by atoms with Crippen molar-refractivity contribution in [1.82, 2.24) is 0 Å². The molecule has 1 atom stereocenters. The summed E-state index contributed by atoms with van der Waals surface area (Å²) in [4.78, 5) is -0.922. The highest BCUT2D eigenvalue weighted by Crippen LogP contribution is 2.48. The highest BCUT2D eigenvalue weighted by molar-refractivity contribution is 9.10. The number of alkyl halides is 1. The third-order valence-electron chi connectivity index (χ3n) is 4.95. The van der Waals surface area contributed by atoms with Gasteiger partial charge >= 0.3 is 4.33 Å². The van der Waals surface area contributed by atoms with Crippen LogP contribution in [0.4, 0.5) is 4.39 Å². The van der Waals surface area contributed by atoms with Crippen LogP contribution in [0.5, 0.6) is 0 Å². The number of aliphatic hydroxyl groups excluding tert-OH is 1. The van der Waals surface area contributed by atoms with Crippen LogP contribution in [0.25, 0.3) is 0 Å². The van der Waals surface area contributed by atoms with Crippen molar-refractivity contribution < 1.29 is 26.3 Å². The molecule has 0 saturated carbocycles. The maximum Gasteiger partial charge on any atom is 0.324 e. The molecule has 9 heteroatoms. The Kier molecular flexibility index (Phi) is 7.00. The van der Waals surface area contributed by atoms with Crippen LogP contribution in [0.2, 0.25) is 0 Å². The molecule has 0 heterocycles. The van der Waals surface area contributed by atoms with E-state index in [-0.39, 0.29) is 5.56 Å². The molecule has 0 aliphatic rings. The molecule has 3 rings (SSSR count). The van der Waals surface area contributed by atoms with Crippen LogP contribution in [0.15, 0.2) is 99.2 Å². The summed E-state index contributed by atoms with van der Waals surface area (Å²) < 4.78 is 68.3. The minimum Gasteiger partial charge on any atom is -0.396 e. The lowest BCUT2D eigenvalue weighted by atomic mass is 9.97. The quantitative estimate of drug-likeness (QED) is 0.467. The van der Waals surface area contributed by atoms with Crippen LogP contribution in [0.3, 0.4) is 0 Å². The van der Waals surface area contributed by atoms with Gasteiger partial charge in [0.25, 0.3) is 0 Å². The third-order valence-corrected chi connectivity index (χ3v) is 10.6. The highest BCUT2D eigenvalue weighted by Gasteiger charge is 2.62. The Bertz CT molecular complexity index is 1160. The first kappa shape index (κ1) is 23.6. The molecule has 1 unspecified atom stereocenters. The van der Waals surface area contributed by atoms with Crippen molar-refractivity contribution in [2.75, 3.05) is 6.61 Å². The van der Waals surface area contributed by atoms with Gasteiger partial charge < -0.3 is 5.11 Å². The molecule has 0 aliphatic carbocycles. The van der Waals surface area contributed by atoms with E-state index in [1.807, 2.05) is 0 Å². The molecule has 0 aromatic heterocycles. The lowest BCUT2D eigenvalue weighted by molar-refractivity contribution is 0.232. The maximum absolute atomic E-state index is 17.1. The Morgan fingerprint density at radius 2 is 1.19 bits per heavy atom. The summed E-state index contributed by atoms with van der Waals surface area (Å²) in [6.45, 7) is -0.610. The fraction of sp³-hybridized carbons (Fsp3) is 0.182. The largest absolute Gasteiger partial charge is 0.396 e. The van der Waals surface area contributed by atoms with Gasteiger partial charge in [-0.2, -0.15) is 0 Å². The van der Waals surface area contributed by atoms with Crippen molar-refractivity contribution in [2.45, 2.75) is 26.5 Å². The van der Waals surface area contributed by atoms with E-state index in [1.54, 1.807) is 24.3 Å². The monoisotopic (exact) mass is 526 g/mol. The van der Waals surface area contributed by atoms with Crippen LogP contribution < -0.4 is 0 Å². The lowest BCUT2D eigenvalue weighted by Crippen LogP contribution is -2.47. The number of hydrogen-bond acceptors (Lipinski definition) is 5. The van der Waals surface area contributed by atoms with Crippen molar-refractivity contribution in [3.63, 3.8) is 0 Å². The molecule has 31 heavy (non-hydrogen) atoms. The average Bonchev–Trinajstić information content (AvgIpc) is 2.78. The maximum atomic E-state index is 17.1. The first-order valence-electron chi connectivity index (χ1n) is 9.31. The number of benzene rings is 3. The molecule has 164 valence electrons. The molecule has 5 nitrogen and oxygen atoms in total. The van der Waals surface area contributed by atoms with Gasteiger partial charge in [0, 0.05) is 11.1 Å². The van der Waals surface area contributed by atoms with Crippen molar-refractivity contribution in [2.24, 2.45) is 0 Å². The van der Waals surface area contributed by atoms with Crippen molar-refractivity contribution in [3.8, 4) is 0 Å². The normalized spacial score (nSPS) is 13.6. The van der Waals surface area contributed by atoms with Gasteiger partial charge in [0.05, 0.1) is 15.7 Å². The minimum atomic E-state index is -5.06. The number of sulfone groups is 2. The van der Waals surface area contributed by atoms with E-state index in [9.17, 15) is 21.9 Å². The van der Waals surface area contributed by atoms with Gasteiger partial charge in [-0.05, 0) is 48.4 Å². The summed E-state index contributed by atoms with van der Waals surface area (Å²) in [5.74, 6) is -1.68. The summed E-state index contributed by atoms with van der Waals surface area (Å²) in [6.07, 6.45) is -0.420. The van der Waals surface area contributed by atoms with Crippen molar-refractivity contribution in [3.05, 3.63) is 95.0 Å². The number of rotatable bonds is 8. The second-order valence-corrected chi connectivity index (χ2v) is 12.2. The molecule has 1 N–H and O–H groups in total. The van der Waals surface area contributed by atoms with Gasteiger partial charge in [-0.3, -0.25) is 0 Å². The molecule has 0 fully saturated rings. The van der Waals surface area contributed by atoms with E-state index in [0.29, 0.717) is 4.47 Å². The molecule has 3 aromatic carbocycles. The van der Waals surface area contributed by atoms with Crippen LogP contribution in [-0.4, -0.2) is 32.9 Å². The van der Waals surface area contributed by atoms with E-state index < -0.39 is 52.7 Å². The summed E-state index contributed by atoms with van der Waals surface area (Å²) in [5, 5.41) is 9.62. The summed E-state index contributed by atoms with van der Waals surface area (Å²) in [5.41, 5.74) is 0.138. The highest BCUT2D eigenvalue weighted by atomic mass is 79.9. The van der Waals surface area contributed by atoms with Crippen molar-refractivity contribution >= 4 is 35.6 Å². The third kappa shape index (κ3) is 4.19. The van der Waals surface area contributed by atoms with Gasteiger partial charge in [-0.15, -0.1) is 0 Å². The summed E-state index contributed by atoms with van der Waals surface area (Å²) in [7, 11) is -10.1. The zero-order valence-corrected chi connectivity index (χ0v) is 19.4. The first-order chi connectivity index (χ1) is 14.7. The number of aliphatic hydroxyl groups is 1. The van der Waals surface area contributed by atoms with Gasteiger partial charge in [-0.25, -0.2) is 21.2 Å². The topological polar surface area (TPSA) is 88.5 Å². The van der Waals surface area contributed by atoms with Crippen molar-refractivity contribution in [1.29, 1.82) is 0 Å². The van der Waals surface area contributed by atoms with Crippen LogP contribution in [0, 0.1) is 0 Å². The number of halogens is 2. The summed E-state index contributed by atoms with van der Waals surface area (Å²) >= 11 is 3.26. The minimum absolute atomic E-state index is 0.138. The predicted octanol–water partition coefficient (Wildman–Crippen LogP) is 4.49. The molecule has 3 aromatic rings. The van der Waals surface area contributed by atoms with Gasteiger partial charge in [-0.1, -0.05) is 64.5 Å². The SMILES string of the molecule is O=S(=O)(c1ccccc1)C(F)(C(CCO)c1ccc(Br)cc1)S(=O)(=O)c1ccccc1. The second-order valence-electron chi connectivity index (χ2n) is 6.83.